The number of amides is 1. The lowest BCUT2D eigenvalue weighted by Crippen LogP contribution is -2.41. The first-order valence-electron chi connectivity index (χ1n) is 10.6. The number of ether oxygens (including phenoxy) is 1. The Bertz CT molecular complexity index is 1070. The predicted molar refractivity (Wildman–Crippen MR) is 127 cm³/mol. The molecule has 1 aliphatic heterocycles. The molecule has 1 fully saturated rings. The van der Waals surface area contributed by atoms with Crippen molar-refractivity contribution in [2.75, 3.05) is 30.4 Å². The van der Waals surface area contributed by atoms with E-state index in [0.717, 1.165) is 42.9 Å². The first kappa shape index (κ1) is 21.9. The maximum atomic E-state index is 12.6. The second-order valence-electron chi connectivity index (χ2n) is 7.68. The number of benzene rings is 2. The lowest BCUT2D eigenvalue weighted by molar-refractivity contribution is -0.125. The third-order valence-electron chi connectivity index (χ3n) is 5.52. The van der Waals surface area contributed by atoms with Gasteiger partial charge in [0.1, 0.15) is 11.6 Å². The van der Waals surface area contributed by atoms with E-state index in [9.17, 15) is 4.79 Å². The van der Waals surface area contributed by atoms with Crippen LogP contribution < -0.4 is 20.3 Å². The summed E-state index contributed by atoms with van der Waals surface area (Å²) in [5.41, 5.74) is 1.84. The average Bonchev–Trinajstić information content (AvgIpc) is 2.83. The van der Waals surface area contributed by atoms with Crippen LogP contribution in [-0.2, 0) is 11.3 Å². The lowest BCUT2D eigenvalue weighted by atomic mass is 9.96. The molecule has 1 aliphatic rings. The van der Waals surface area contributed by atoms with Gasteiger partial charge >= 0.3 is 0 Å². The Labute approximate surface area is 192 Å². The molecule has 2 aromatic carbocycles. The molecule has 3 aromatic rings. The van der Waals surface area contributed by atoms with Crippen LogP contribution in [0.15, 0.2) is 60.8 Å². The molecule has 0 atom stereocenters. The Morgan fingerprint density at radius 1 is 1.16 bits per heavy atom. The molecule has 2 heterocycles. The first-order valence-corrected chi connectivity index (χ1v) is 11.0. The number of carbonyl (C=O) groups excluding carboxylic acids is 1. The smallest absolute Gasteiger partial charge is 0.227 e. The van der Waals surface area contributed by atoms with Crippen LogP contribution in [0.25, 0.3) is 0 Å². The van der Waals surface area contributed by atoms with Crippen LogP contribution in [0.5, 0.6) is 5.75 Å². The highest BCUT2D eigenvalue weighted by atomic mass is 35.5. The number of aromatic nitrogens is 2. The van der Waals surface area contributed by atoms with Gasteiger partial charge in [-0.2, -0.15) is 4.98 Å². The molecule has 1 amide bonds. The van der Waals surface area contributed by atoms with E-state index in [0.29, 0.717) is 23.3 Å². The first-order chi connectivity index (χ1) is 15.6. The number of nitrogens with one attached hydrogen (secondary N) is 2. The second kappa shape index (κ2) is 10.3. The maximum Gasteiger partial charge on any atom is 0.227 e. The van der Waals surface area contributed by atoms with Gasteiger partial charge in [0.2, 0.25) is 11.9 Å². The van der Waals surface area contributed by atoms with Gasteiger partial charge in [-0.1, -0.05) is 35.9 Å². The molecular formula is C24H26ClN5O2. The third-order valence-corrected chi connectivity index (χ3v) is 5.75. The Hall–Kier alpha value is -3.32. The molecule has 0 radical (unpaired) electrons. The summed E-state index contributed by atoms with van der Waals surface area (Å²) in [6, 6.07) is 17.1. The topological polar surface area (TPSA) is 79.4 Å². The molecule has 0 bridgehead atoms. The van der Waals surface area contributed by atoms with Crippen molar-refractivity contribution in [2.45, 2.75) is 19.4 Å². The number of anilines is 3. The Morgan fingerprint density at radius 2 is 1.97 bits per heavy atom. The number of para-hydroxylation sites is 2. The molecule has 32 heavy (non-hydrogen) atoms. The highest BCUT2D eigenvalue weighted by Gasteiger charge is 2.26. The number of nitrogens with zero attached hydrogens (tertiary/aromatic N) is 3. The zero-order valence-corrected chi connectivity index (χ0v) is 18.7. The van der Waals surface area contributed by atoms with Crippen molar-refractivity contribution in [3.05, 3.63) is 71.4 Å². The molecule has 166 valence electrons. The van der Waals surface area contributed by atoms with Gasteiger partial charge in [0.25, 0.3) is 0 Å². The van der Waals surface area contributed by atoms with Crippen LogP contribution in [-0.4, -0.2) is 36.1 Å². The highest BCUT2D eigenvalue weighted by Crippen LogP contribution is 2.27. The lowest BCUT2D eigenvalue weighted by Gasteiger charge is -2.31. The van der Waals surface area contributed by atoms with Crippen molar-refractivity contribution in [3.8, 4) is 5.75 Å². The van der Waals surface area contributed by atoms with Crippen molar-refractivity contribution in [1.29, 1.82) is 0 Å². The fourth-order valence-electron chi connectivity index (χ4n) is 3.78. The minimum absolute atomic E-state index is 0.0136. The number of carbonyl (C=O) groups is 1. The van der Waals surface area contributed by atoms with Crippen LogP contribution in [0.3, 0.4) is 0 Å². The van der Waals surface area contributed by atoms with E-state index in [1.807, 2.05) is 54.6 Å². The quantitative estimate of drug-likeness (QED) is 0.553. The van der Waals surface area contributed by atoms with E-state index in [-0.39, 0.29) is 11.8 Å². The fraction of sp³-hybridized carbons (Fsp3) is 0.292. The fourth-order valence-corrected chi connectivity index (χ4v) is 3.99. The summed E-state index contributed by atoms with van der Waals surface area (Å²) < 4.78 is 5.39. The van der Waals surface area contributed by atoms with Gasteiger partial charge in [0.15, 0.2) is 0 Å². The Balaban J connectivity index is 1.32. The van der Waals surface area contributed by atoms with Gasteiger partial charge in [-0.25, -0.2) is 4.98 Å². The number of hydrogen-bond donors (Lipinski definition) is 2. The van der Waals surface area contributed by atoms with Gasteiger partial charge in [-0.15, -0.1) is 0 Å². The summed E-state index contributed by atoms with van der Waals surface area (Å²) in [4.78, 5) is 23.8. The zero-order valence-electron chi connectivity index (χ0n) is 17.9. The van der Waals surface area contributed by atoms with Crippen molar-refractivity contribution in [3.63, 3.8) is 0 Å². The highest BCUT2D eigenvalue weighted by molar-refractivity contribution is 6.30. The Kier molecular flexibility index (Phi) is 7.07. The van der Waals surface area contributed by atoms with Crippen molar-refractivity contribution in [1.82, 2.24) is 15.3 Å². The van der Waals surface area contributed by atoms with Crippen LogP contribution in [0.1, 0.15) is 18.4 Å². The van der Waals surface area contributed by atoms with Gasteiger partial charge in [-0.3, -0.25) is 4.79 Å². The Morgan fingerprint density at radius 3 is 2.75 bits per heavy atom. The number of rotatable bonds is 7. The largest absolute Gasteiger partial charge is 0.495 e. The van der Waals surface area contributed by atoms with Crippen molar-refractivity contribution >= 4 is 35.0 Å². The molecule has 4 rings (SSSR count). The number of hydrogen-bond acceptors (Lipinski definition) is 6. The number of halogens is 1. The predicted octanol–water partition coefficient (Wildman–Crippen LogP) is 4.42. The van der Waals surface area contributed by atoms with Crippen molar-refractivity contribution in [2.24, 2.45) is 5.92 Å². The normalized spacial score (nSPS) is 14.1. The molecule has 1 saturated heterocycles. The molecular weight excluding hydrogens is 426 g/mol. The minimum atomic E-state index is -0.0136. The number of piperidine rings is 1. The van der Waals surface area contributed by atoms with Gasteiger partial charge in [0.05, 0.1) is 12.8 Å². The molecule has 0 saturated carbocycles. The summed E-state index contributed by atoms with van der Waals surface area (Å²) in [5, 5.41) is 6.99. The summed E-state index contributed by atoms with van der Waals surface area (Å²) >= 11 is 6.01. The second-order valence-corrected chi connectivity index (χ2v) is 8.11. The van der Waals surface area contributed by atoms with E-state index in [1.165, 1.54) is 0 Å². The summed E-state index contributed by atoms with van der Waals surface area (Å²) in [7, 11) is 1.64. The van der Waals surface area contributed by atoms with Crippen molar-refractivity contribution < 1.29 is 9.53 Å². The molecule has 1 aromatic heterocycles. The third kappa shape index (κ3) is 5.48. The molecule has 7 nitrogen and oxygen atoms in total. The molecule has 8 heteroatoms. The van der Waals surface area contributed by atoms with Crippen LogP contribution >= 0.6 is 11.6 Å². The standard InChI is InChI=1S/C24H26ClN5O2/c1-32-21-8-3-2-7-20(21)28-22-9-12-26-24(29-22)30-13-10-18(11-14-30)23(31)27-16-17-5-4-6-19(25)15-17/h2-9,12,15,18H,10-11,13-14,16H2,1H3,(H,27,31)(H,26,28,29). The van der Waals surface area contributed by atoms with E-state index >= 15 is 0 Å². The van der Waals surface area contributed by atoms with Crippen LogP contribution in [0.4, 0.5) is 17.5 Å². The van der Waals surface area contributed by atoms with Crippen LogP contribution in [0, 0.1) is 5.92 Å². The van der Waals surface area contributed by atoms with Gasteiger partial charge in [-0.05, 0) is 48.7 Å². The van der Waals surface area contributed by atoms with E-state index < -0.39 is 0 Å². The van der Waals surface area contributed by atoms with E-state index in [1.54, 1.807) is 13.3 Å². The molecule has 0 aliphatic carbocycles. The van der Waals surface area contributed by atoms with E-state index in [2.05, 4.69) is 25.5 Å². The number of methoxy groups -OCH3 is 1. The molecule has 0 unspecified atom stereocenters. The van der Waals surface area contributed by atoms with E-state index in [4.69, 9.17) is 16.3 Å². The monoisotopic (exact) mass is 451 g/mol. The summed E-state index contributed by atoms with van der Waals surface area (Å²) in [6.45, 7) is 1.94. The summed E-state index contributed by atoms with van der Waals surface area (Å²) in [5.74, 6) is 2.17. The summed E-state index contributed by atoms with van der Waals surface area (Å²) in [6.07, 6.45) is 3.26. The zero-order chi connectivity index (χ0) is 22.3. The van der Waals surface area contributed by atoms with Gasteiger partial charge in [0, 0.05) is 36.8 Å². The molecule has 2 N–H and O–H groups in total. The van der Waals surface area contributed by atoms with Crippen LogP contribution in [0.2, 0.25) is 5.02 Å². The SMILES string of the molecule is COc1ccccc1Nc1ccnc(N2CCC(C(=O)NCc3cccc(Cl)c3)CC2)n1. The maximum absolute atomic E-state index is 12.6. The van der Waals surface area contributed by atoms with Gasteiger partial charge < -0.3 is 20.3 Å². The molecule has 0 spiro atoms. The minimum Gasteiger partial charge on any atom is -0.495 e. The average molecular weight is 452 g/mol.